The van der Waals surface area contributed by atoms with Gasteiger partial charge in [-0.15, -0.1) is 0 Å². The van der Waals surface area contributed by atoms with E-state index in [9.17, 15) is 0 Å². The van der Waals surface area contributed by atoms with E-state index in [-0.39, 0.29) is 0 Å². The maximum atomic E-state index is 2.56. The summed E-state index contributed by atoms with van der Waals surface area (Å²) in [6.07, 6.45) is 6.02. The molecule has 40 valence electrons. The van der Waals surface area contributed by atoms with Gasteiger partial charge in [0.15, 0.2) is 0 Å². The Labute approximate surface area is 44.1 Å². The molecule has 0 spiro atoms. The smallest absolute Gasteiger partial charge is 0.0865 e. The molecule has 1 heteroatoms. The second kappa shape index (κ2) is 1.22. The van der Waals surface area contributed by atoms with E-state index >= 15 is 0 Å². The SMILES string of the molecule is C1CC2CCC1[NH2+]2. The summed E-state index contributed by atoms with van der Waals surface area (Å²) in [5.41, 5.74) is 0. The highest BCUT2D eigenvalue weighted by Gasteiger charge is 2.34. The number of quaternary nitrogens is 1. The van der Waals surface area contributed by atoms with Crippen LogP contribution in [0.15, 0.2) is 0 Å². The normalized spacial score (nSPS) is 48.0. The van der Waals surface area contributed by atoms with Gasteiger partial charge >= 0.3 is 0 Å². The topological polar surface area (TPSA) is 16.6 Å². The van der Waals surface area contributed by atoms with Gasteiger partial charge in [-0.05, 0) is 0 Å². The van der Waals surface area contributed by atoms with Gasteiger partial charge in [0.25, 0.3) is 0 Å². The highest BCUT2D eigenvalue weighted by molar-refractivity contribution is 4.76. The maximum absolute atomic E-state index is 2.56. The standard InChI is InChI=1S/C6H11N/c1-2-6-4-3-5(1)7-6/h5-7H,1-4H2/p+1. The van der Waals surface area contributed by atoms with E-state index < -0.39 is 0 Å². The minimum Gasteiger partial charge on any atom is -0.341 e. The van der Waals surface area contributed by atoms with Crippen LogP contribution in [0.4, 0.5) is 0 Å². The van der Waals surface area contributed by atoms with Crippen molar-refractivity contribution in [3.8, 4) is 0 Å². The van der Waals surface area contributed by atoms with E-state index in [1.165, 1.54) is 25.7 Å². The Bertz CT molecular complexity index is 62.2. The lowest BCUT2D eigenvalue weighted by Crippen LogP contribution is -2.87. The van der Waals surface area contributed by atoms with Crippen molar-refractivity contribution in [1.82, 2.24) is 0 Å². The van der Waals surface area contributed by atoms with Crippen molar-refractivity contribution in [2.75, 3.05) is 0 Å². The molecule has 2 saturated heterocycles. The molecule has 2 N–H and O–H groups in total. The molecule has 0 aliphatic carbocycles. The molecule has 0 amide bonds. The third-order valence-electron chi connectivity index (χ3n) is 2.36. The fourth-order valence-corrected chi connectivity index (χ4v) is 1.91. The van der Waals surface area contributed by atoms with Gasteiger partial charge in [0.05, 0.1) is 12.1 Å². The number of hydrogen-bond donors (Lipinski definition) is 1. The van der Waals surface area contributed by atoms with Crippen molar-refractivity contribution in [2.24, 2.45) is 0 Å². The number of hydrogen-bond acceptors (Lipinski definition) is 0. The molecule has 7 heavy (non-hydrogen) atoms. The molecule has 0 unspecified atom stereocenters. The molecule has 1 nitrogen and oxygen atoms in total. The van der Waals surface area contributed by atoms with Crippen LogP contribution in [0.5, 0.6) is 0 Å². The largest absolute Gasteiger partial charge is 0.341 e. The summed E-state index contributed by atoms with van der Waals surface area (Å²) >= 11 is 0. The minimum absolute atomic E-state index is 1.05. The van der Waals surface area contributed by atoms with E-state index in [0.717, 1.165) is 12.1 Å². The quantitative estimate of drug-likeness (QED) is 0.435. The Morgan fingerprint density at radius 2 is 1.29 bits per heavy atom. The summed E-state index contributed by atoms with van der Waals surface area (Å²) in [6.45, 7) is 0. The molecule has 0 aromatic heterocycles. The van der Waals surface area contributed by atoms with Crippen LogP contribution in [-0.2, 0) is 0 Å². The van der Waals surface area contributed by atoms with Crippen molar-refractivity contribution >= 4 is 0 Å². The molecule has 0 saturated carbocycles. The molecule has 2 aliphatic rings. The fourth-order valence-electron chi connectivity index (χ4n) is 1.91. The first-order valence-electron chi connectivity index (χ1n) is 3.30. The number of fused-ring (bicyclic) bond motifs is 2. The van der Waals surface area contributed by atoms with Crippen LogP contribution in [0.1, 0.15) is 25.7 Å². The monoisotopic (exact) mass is 98.1 g/mol. The molecule has 2 fully saturated rings. The van der Waals surface area contributed by atoms with Gasteiger partial charge in [0.2, 0.25) is 0 Å². The van der Waals surface area contributed by atoms with E-state index in [4.69, 9.17) is 0 Å². The van der Waals surface area contributed by atoms with Gasteiger partial charge in [-0.1, -0.05) is 0 Å². The molecule has 0 aromatic carbocycles. The fraction of sp³-hybridized carbons (Fsp3) is 1.00. The molecule has 2 heterocycles. The van der Waals surface area contributed by atoms with Gasteiger partial charge in [0.1, 0.15) is 0 Å². The maximum Gasteiger partial charge on any atom is 0.0865 e. The molecule has 0 atom stereocenters. The Balaban J connectivity index is 2.12. The molecule has 2 rings (SSSR count). The van der Waals surface area contributed by atoms with Crippen LogP contribution < -0.4 is 5.32 Å². The summed E-state index contributed by atoms with van der Waals surface area (Å²) in [7, 11) is 0. The highest BCUT2D eigenvalue weighted by Crippen LogP contribution is 2.19. The molecular weight excluding hydrogens is 86.1 g/mol. The number of rotatable bonds is 0. The van der Waals surface area contributed by atoms with E-state index in [2.05, 4.69) is 5.32 Å². The van der Waals surface area contributed by atoms with Crippen molar-refractivity contribution in [2.45, 2.75) is 37.8 Å². The average Bonchev–Trinajstić information content (AvgIpc) is 2.22. The van der Waals surface area contributed by atoms with Crippen LogP contribution in [0.25, 0.3) is 0 Å². The van der Waals surface area contributed by atoms with Crippen molar-refractivity contribution in [3.63, 3.8) is 0 Å². The number of nitrogens with two attached hydrogens (primary N) is 1. The van der Waals surface area contributed by atoms with Crippen LogP contribution in [0, 0.1) is 0 Å². The van der Waals surface area contributed by atoms with E-state index in [1.54, 1.807) is 0 Å². The van der Waals surface area contributed by atoms with Crippen LogP contribution in [0.2, 0.25) is 0 Å². The van der Waals surface area contributed by atoms with Gasteiger partial charge < -0.3 is 5.32 Å². The predicted octanol–water partition coefficient (Wildman–Crippen LogP) is -0.125. The Morgan fingerprint density at radius 3 is 1.43 bits per heavy atom. The summed E-state index contributed by atoms with van der Waals surface area (Å²) in [5.74, 6) is 0. The van der Waals surface area contributed by atoms with Gasteiger partial charge in [-0.2, -0.15) is 0 Å². The molecular formula is C6H12N+. The first-order valence-corrected chi connectivity index (χ1v) is 3.30. The lowest BCUT2D eigenvalue weighted by atomic mass is 10.0. The van der Waals surface area contributed by atoms with Crippen LogP contribution in [0.3, 0.4) is 0 Å². The van der Waals surface area contributed by atoms with E-state index in [1.807, 2.05) is 0 Å². The average molecular weight is 98.2 g/mol. The first-order chi connectivity index (χ1) is 3.45. The Hall–Kier alpha value is -0.0400. The third-order valence-corrected chi connectivity index (χ3v) is 2.36. The van der Waals surface area contributed by atoms with Crippen molar-refractivity contribution in [3.05, 3.63) is 0 Å². The van der Waals surface area contributed by atoms with Gasteiger partial charge in [0, 0.05) is 25.7 Å². The van der Waals surface area contributed by atoms with Gasteiger partial charge in [-0.25, -0.2) is 0 Å². The van der Waals surface area contributed by atoms with Gasteiger partial charge in [-0.3, -0.25) is 0 Å². The second-order valence-corrected chi connectivity index (χ2v) is 2.87. The minimum atomic E-state index is 1.05. The highest BCUT2D eigenvalue weighted by atomic mass is 15.0. The summed E-state index contributed by atoms with van der Waals surface area (Å²) in [6, 6.07) is 2.09. The molecule has 2 aliphatic heterocycles. The second-order valence-electron chi connectivity index (χ2n) is 2.87. The lowest BCUT2D eigenvalue weighted by Gasteiger charge is -1.97. The zero-order chi connectivity index (χ0) is 4.69. The Morgan fingerprint density at radius 1 is 0.857 bits per heavy atom. The predicted molar refractivity (Wildman–Crippen MR) is 28.0 cm³/mol. The zero-order valence-corrected chi connectivity index (χ0v) is 4.56. The first kappa shape index (κ1) is 3.90. The molecule has 2 bridgehead atoms. The summed E-state index contributed by atoms with van der Waals surface area (Å²) in [5, 5.41) is 2.56. The molecule has 0 radical (unpaired) electrons. The lowest BCUT2D eigenvalue weighted by molar-refractivity contribution is -0.681. The summed E-state index contributed by atoms with van der Waals surface area (Å²) in [4.78, 5) is 0. The van der Waals surface area contributed by atoms with Crippen molar-refractivity contribution < 1.29 is 5.32 Å². The Kier molecular flexibility index (Phi) is 0.680. The zero-order valence-electron chi connectivity index (χ0n) is 4.56. The summed E-state index contributed by atoms with van der Waals surface area (Å²) < 4.78 is 0. The van der Waals surface area contributed by atoms with Crippen LogP contribution in [-0.4, -0.2) is 12.1 Å². The van der Waals surface area contributed by atoms with Crippen molar-refractivity contribution in [1.29, 1.82) is 0 Å². The third kappa shape index (κ3) is 0.480. The van der Waals surface area contributed by atoms with E-state index in [0.29, 0.717) is 0 Å². The molecule has 0 aromatic rings. The van der Waals surface area contributed by atoms with Crippen LogP contribution >= 0.6 is 0 Å².